The molecule has 1 saturated carbocycles. The maximum Gasteiger partial charge on any atom is 0.123 e. The molecule has 1 rings (SSSR count). The van der Waals surface area contributed by atoms with E-state index >= 15 is 0 Å². The summed E-state index contributed by atoms with van der Waals surface area (Å²) in [5, 5.41) is 0. The minimum Gasteiger partial charge on any atom is -0.303 e. The Morgan fingerprint density at radius 2 is 1.75 bits per heavy atom. The lowest BCUT2D eigenvalue weighted by Gasteiger charge is -2.20. The van der Waals surface area contributed by atoms with Crippen molar-refractivity contribution in [3.8, 4) is 0 Å². The van der Waals surface area contributed by atoms with Gasteiger partial charge in [0.25, 0.3) is 0 Å². The highest BCUT2D eigenvalue weighted by Gasteiger charge is 2.36. The second-order valence-corrected chi connectivity index (χ2v) is 7.21. The Bertz CT molecular complexity index is 314. The molecule has 0 N–H and O–H groups in total. The molecular formula is C19H34O. The summed E-state index contributed by atoms with van der Waals surface area (Å²) in [7, 11) is 0. The lowest BCUT2D eigenvalue weighted by atomic mass is 9.86. The fourth-order valence-corrected chi connectivity index (χ4v) is 3.82. The topological polar surface area (TPSA) is 17.1 Å². The molecule has 5 atom stereocenters. The first kappa shape index (κ1) is 17.5. The molecule has 0 spiro atoms. The van der Waals surface area contributed by atoms with E-state index in [9.17, 15) is 4.79 Å². The summed E-state index contributed by atoms with van der Waals surface area (Å²) in [6.07, 6.45) is 10.9. The van der Waals surface area contributed by atoms with E-state index in [-0.39, 0.29) is 0 Å². The molecule has 1 heteroatoms. The number of allylic oxidation sites excluding steroid dienone is 2. The van der Waals surface area contributed by atoms with Crippen LogP contribution in [0.25, 0.3) is 0 Å². The van der Waals surface area contributed by atoms with Crippen molar-refractivity contribution in [1.29, 1.82) is 0 Å². The van der Waals surface area contributed by atoms with Crippen LogP contribution in [0, 0.1) is 29.6 Å². The Hall–Kier alpha value is -0.590. The van der Waals surface area contributed by atoms with E-state index in [1.165, 1.54) is 31.3 Å². The monoisotopic (exact) mass is 278 g/mol. The highest BCUT2D eigenvalue weighted by atomic mass is 16.1. The van der Waals surface area contributed by atoms with Gasteiger partial charge in [0.15, 0.2) is 0 Å². The smallest absolute Gasteiger partial charge is 0.123 e. The van der Waals surface area contributed by atoms with Crippen molar-refractivity contribution in [2.75, 3.05) is 0 Å². The predicted octanol–water partition coefficient (Wildman–Crippen LogP) is 5.65. The van der Waals surface area contributed by atoms with Crippen molar-refractivity contribution in [2.45, 2.75) is 73.1 Å². The average Bonchev–Trinajstić information content (AvgIpc) is 2.68. The maximum absolute atomic E-state index is 10.9. The molecular weight excluding hydrogens is 244 g/mol. The zero-order chi connectivity index (χ0) is 15.1. The Morgan fingerprint density at radius 3 is 2.25 bits per heavy atom. The van der Waals surface area contributed by atoms with Crippen LogP contribution in [0.5, 0.6) is 0 Å². The van der Waals surface area contributed by atoms with Gasteiger partial charge in [0.1, 0.15) is 6.29 Å². The van der Waals surface area contributed by atoms with E-state index in [0.717, 1.165) is 42.8 Å². The first-order valence-corrected chi connectivity index (χ1v) is 8.58. The highest BCUT2D eigenvalue weighted by molar-refractivity contribution is 5.53. The van der Waals surface area contributed by atoms with Crippen molar-refractivity contribution < 1.29 is 4.79 Å². The molecule has 1 aliphatic carbocycles. The molecule has 1 nitrogen and oxygen atoms in total. The molecule has 0 heterocycles. The fraction of sp³-hybridized carbons (Fsp3) is 0.842. The standard InChI is InChI=1S/C19H34O/c1-6-17(13-20)10-11-19-12-18(15(4)16(19)5)9-7-8-14(2)3/h8,13,15-19H,6-7,9-12H2,1-5H3. The van der Waals surface area contributed by atoms with E-state index in [1.807, 2.05) is 0 Å². The summed E-state index contributed by atoms with van der Waals surface area (Å²) in [6, 6.07) is 0. The molecule has 116 valence electrons. The number of rotatable bonds is 8. The lowest BCUT2D eigenvalue weighted by molar-refractivity contribution is -0.111. The van der Waals surface area contributed by atoms with Crippen LogP contribution in [-0.2, 0) is 4.79 Å². The number of aldehydes is 1. The van der Waals surface area contributed by atoms with Crippen LogP contribution in [0.15, 0.2) is 11.6 Å². The third kappa shape index (κ3) is 5.07. The molecule has 0 aromatic heterocycles. The fourth-order valence-electron chi connectivity index (χ4n) is 3.82. The summed E-state index contributed by atoms with van der Waals surface area (Å²) in [6.45, 7) is 11.4. The molecule has 20 heavy (non-hydrogen) atoms. The largest absolute Gasteiger partial charge is 0.303 e. The predicted molar refractivity (Wildman–Crippen MR) is 87.7 cm³/mol. The van der Waals surface area contributed by atoms with Gasteiger partial charge >= 0.3 is 0 Å². The Labute approximate surface area is 126 Å². The van der Waals surface area contributed by atoms with Crippen molar-refractivity contribution in [1.82, 2.24) is 0 Å². The average molecular weight is 278 g/mol. The van der Waals surface area contributed by atoms with Crippen molar-refractivity contribution >= 4 is 6.29 Å². The van der Waals surface area contributed by atoms with Crippen LogP contribution in [0.1, 0.15) is 73.1 Å². The van der Waals surface area contributed by atoms with E-state index in [2.05, 4.69) is 40.7 Å². The minimum absolute atomic E-state index is 0.294. The van der Waals surface area contributed by atoms with E-state index in [4.69, 9.17) is 0 Å². The number of carbonyl (C=O) groups excluding carboxylic acids is 1. The van der Waals surface area contributed by atoms with Crippen molar-refractivity contribution in [3.05, 3.63) is 11.6 Å². The highest BCUT2D eigenvalue weighted by Crippen LogP contribution is 2.45. The van der Waals surface area contributed by atoms with Crippen molar-refractivity contribution in [3.63, 3.8) is 0 Å². The molecule has 0 aromatic carbocycles. The number of carbonyl (C=O) groups is 1. The third-order valence-corrected chi connectivity index (χ3v) is 5.64. The molecule has 0 aliphatic heterocycles. The second-order valence-electron chi connectivity index (χ2n) is 7.21. The summed E-state index contributed by atoms with van der Waals surface area (Å²) in [5.41, 5.74) is 1.44. The van der Waals surface area contributed by atoms with E-state index < -0.39 is 0 Å². The van der Waals surface area contributed by atoms with Gasteiger partial charge in [0.05, 0.1) is 0 Å². The lowest BCUT2D eigenvalue weighted by Crippen LogP contribution is -2.12. The van der Waals surface area contributed by atoms with Crippen LogP contribution in [0.3, 0.4) is 0 Å². The first-order valence-electron chi connectivity index (χ1n) is 8.58. The SMILES string of the molecule is CCC(C=O)CCC1CC(CCC=C(C)C)C(C)C1C. The van der Waals surface area contributed by atoms with E-state index in [1.54, 1.807) is 0 Å². The van der Waals surface area contributed by atoms with Crippen LogP contribution in [0.4, 0.5) is 0 Å². The van der Waals surface area contributed by atoms with Gasteiger partial charge in [-0.2, -0.15) is 0 Å². The molecule has 1 fully saturated rings. The Kier molecular flexibility index (Phi) is 7.55. The summed E-state index contributed by atoms with van der Waals surface area (Å²) < 4.78 is 0. The maximum atomic E-state index is 10.9. The molecule has 0 aromatic rings. The minimum atomic E-state index is 0.294. The molecule has 5 unspecified atom stereocenters. The van der Waals surface area contributed by atoms with Gasteiger partial charge in [-0.3, -0.25) is 0 Å². The van der Waals surface area contributed by atoms with Gasteiger partial charge in [-0.1, -0.05) is 32.4 Å². The Balaban J connectivity index is 2.43. The number of hydrogen-bond acceptors (Lipinski definition) is 1. The zero-order valence-corrected chi connectivity index (χ0v) is 14.2. The third-order valence-electron chi connectivity index (χ3n) is 5.64. The van der Waals surface area contributed by atoms with Crippen LogP contribution in [-0.4, -0.2) is 6.29 Å². The van der Waals surface area contributed by atoms with Crippen molar-refractivity contribution in [2.24, 2.45) is 29.6 Å². The molecule has 1 aliphatic rings. The van der Waals surface area contributed by atoms with Gasteiger partial charge in [-0.15, -0.1) is 0 Å². The van der Waals surface area contributed by atoms with E-state index in [0.29, 0.717) is 5.92 Å². The van der Waals surface area contributed by atoms with Crippen LogP contribution in [0.2, 0.25) is 0 Å². The summed E-state index contributed by atoms with van der Waals surface area (Å²) >= 11 is 0. The molecule has 0 amide bonds. The zero-order valence-electron chi connectivity index (χ0n) is 14.2. The summed E-state index contributed by atoms with van der Waals surface area (Å²) in [5.74, 6) is 3.71. The van der Waals surface area contributed by atoms with Gasteiger partial charge in [-0.25, -0.2) is 0 Å². The molecule has 0 radical (unpaired) electrons. The quantitative estimate of drug-likeness (QED) is 0.414. The van der Waals surface area contributed by atoms with Gasteiger partial charge < -0.3 is 4.79 Å². The van der Waals surface area contributed by atoms with Gasteiger partial charge in [0.2, 0.25) is 0 Å². The summed E-state index contributed by atoms with van der Waals surface area (Å²) in [4.78, 5) is 10.9. The normalized spacial score (nSPS) is 31.1. The van der Waals surface area contributed by atoms with Gasteiger partial charge in [-0.05, 0) is 76.0 Å². The molecule has 0 bridgehead atoms. The Morgan fingerprint density at radius 1 is 1.15 bits per heavy atom. The first-order chi connectivity index (χ1) is 9.49. The second kappa shape index (κ2) is 8.64. The van der Waals surface area contributed by atoms with Crippen LogP contribution >= 0.6 is 0 Å². The molecule has 0 saturated heterocycles. The number of hydrogen-bond donors (Lipinski definition) is 0. The van der Waals surface area contributed by atoms with Crippen LogP contribution < -0.4 is 0 Å². The van der Waals surface area contributed by atoms with Gasteiger partial charge in [0, 0.05) is 5.92 Å².